The predicted octanol–water partition coefficient (Wildman–Crippen LogP) is 2.67. The predicted molar refractivity (Wildman–Crippen MR) is 68.0 cm³/mol. The van der Waals surface area contributed by atoms with E-state index in [0.29, 0.717) is 4.88 Å². The number of ether oxygens (including phenoxy) is 1. The van der Waals surface area contributed by atoms with Crippen molar-refractivity contribution in [1.82, 2.24) is 5.32 Å². The molecule has 0 aromatic carbocycles. The van der Waals surface area contributed by atoms with Gasteiger partial charge in [-0.2, -0.15) is 8.78 Å². The fraction of sp³-hybridized carbons (Fsp3) is 0.333. The van der Waals surface area contributed by atoms with E-state index in [2.05, 4.69) is 10.1 Å². The number of amides is 1. The van der Waals surface area contributed by atoms with Crippen LogP contribution >= 0.6 is 11.3 Å². The molecule has 0 radical (unpaired) electrons. The van der Waals surface area contributed by atoms with Gasteiger partial charge in [0.25, 0.3) is 0 Å². The summed E-state index contributed by atoms with van der Waals surface area (Å²) >= 11 is 1.22. The van der Waals surface area contributed by atoms with Crippen LogP contribution in [0.2, 0.25) is 0 Å². The molecule has 9 heteroatoms. The van der Waals surface area contributed by atoms with Crippen molar-refractivity contribution in [2.75, 3.05) is 6.61 Å². The van der Waals surface area contributed by atoms with E-state index in [1.54, 1.807) is 17.5 Å². The first-order valence-corrected chi connectivity index (χ1v) is 6.46. The van der Waals surface area contributed by atoms with Gasteiger partial charge in [0.2, 0.25) is 5.91 Å². The van der Waals surface area contributed by atoms with Crippen LogP contribution in [0.1, 0.15) is 11.8 Å². The maximum Gasteiger partial charge on any atom is 0.355 e. The van der Waals surface area contributed by atoms with Crippen LogP contribution in [0.4, 0.5) is 17.6 Å². The van der Waals surface area contributed by atoms with Crippen LogP contribution in [0.15, 0.2) is 23.2 Å². The van der Waals surface area contributed by atoms with Gasteiger partial charge in [0.05, 0.1) is 0 Å². The molecule has 1 amide bonds. The van der Waals surface area contributed by atoms with Gasteiger partial charge in [-0.1, -0.05) is 6.07 Å². The van der Waals surface area contributed by atoms with Crippen molar-refractivity contribution in [2.24, 2.45) is 0 Å². The standard InChI is InChI=1S/C12H11F4NO3S/c1-7(18)17-9(5-8-3-2-4-21-8)10(19)20-6-12(15,16)11(13)14/h2-5,11H,6H2,1H3,(H,17,18)/b9-5-. The van der Waals surface area contributed by atoms with Crippen molar-refractivity contribution in [2.45, 2.75) is 19.3 Å². The van der Waals surface area contributed by atoms with Crippen LogP contribution in [0.3, 0.4) is 0 Å². The van der Waals surface area contributed by atoms with Gasteiger partial charge < -0.3 is 10.1 Å². The third-order valence-corrected chi connectivity index (χ3v) is 2.89. The summed E-state index contributed by atoms with van der Waals surface area (Å²) < 4.78 is 53.4. The molecule has 1 aromatic heterocycles. The maximum absolute atomic E-state index is 12.7. The number of hydrogen-bond acceptors (Lipinski definition) is 4. The number of carbonyl (C=O) groups excluding carboxylic acids is 2. The number of carbonyl (C=O) groups is 2. The van der Waals surface area contributed by atoms with Gasteiger partial charge in [0.15, 0.2) is 6.61 Å². The van der Waals surface area contributed by atoms with E-state index in [0.717, 1.165) is 6.92 Å². The van der Waals surface area contributed by atoms with Gasteiger partial charge in [-0.15, -0.1) is 11.3 Å². The van der Waals surface area contributed by atoms with E-state index in [1.807, 2.05) is 0 Å². The lowest BCUT2D eigenvalue weighted by Crippen LogP contribution is -2.35. The summed E-state index contributed by atoms with van der Waals surface area (Å²) in [6, 6.07) is 3.27. The molecule has 4 nitrogen and oxygen atoms in total. The lowest BCUT2D eigenvalue weighted by atomic mass is 10.3. The summed E-state index contributed by atoms with van der Waals surface area (Å²) in [6.45, 7) is -0.672. The average molecular weight is 325 g/mol. The van der Waals surface area contributed by atoms with Gasteiger partial charge in [0, 0.05) is 11.8 Å². The topological polar surface area (TPSA) is 55.4 Å². The van der Waals surface area contributed by atoms with Crippen molar-refractivity contribution in [3.63, 3.8) is 0 Å². The fourth-order valence-corrected chi connectivity index (χ4v) is 1.81. The molecule has 0 unspecified atom stereocenters. The Bertz CT molecular complexity index is 529. The summed E-state index contributed by atoms with van der Waals surface area (Å²) in [4.78, 5) is 23.1. The Hall–Kier alpha value is -1.90. The maximum atomic E-state index is 12.7. The number of hydrogen-bond donors (Lipinski definition) is 1. The molecule has 21 heavy (non-hydrogen) atoms. The summed E-state index contributed by atoms with van der Waals surface area (Å²) in [7, 11) is 0. The minimum Gasteiger partial charge on any atom is -0.454 e. The number of rotatable bonds is 6. The fourth-order valence-electron chi connectivity index (χ4n) is 1.15. The van der Waals surface area contributed by atoms with E-state index < -0.39 is 36.5 Å². The van der Waals surface area contributed by atoms with Gasteiger partial charge in [0.1, 0.15) is 5.70 Å². The second kappa shape index (κ2) is 7.21. The van der Waals surface area contributed by atoms with Gasteiger partial charge in [-0.25, -0.2) is 13.6 Å². The van der Waals surface area contributed by atoms with E-state index in [4.69, 9.17) is 0 Å². The van der Waals surface area contributed by atoms with E-state index in [9.17, 15) is 27.2 Å². The van der Waals surface area contributed by atoms with Crippen molar-refractivity contribution < 1.29 is 31.9 Å². The Labute approximate surface area is 121 Å². The Balaban J connectivity index is 2.80. The normalized spacial score (nSPS) is 12.4. The highest BCUT2D eigenvalue weighted by Crippen LogP contribution is 2.23. The molecule has 0 fully saturated rings. The average Bonchev–Trinajstić information content (AvgIpc) is 2.87. The third-order valence-electron chi connectivity index (χ3n) is 2.08. The molecule has 1 rings (SSSR count). The SMILES string of the molecule is CC(=O)N/C(=C\c1cccs1)C(=O)OCC(F)(F)C(F)F. The molecule has 1 N–H and O–H groups in total. The summed E-state index contributed by atoms with van der Waals surface area (Å²) in [5.41, 5.74) is -0.407. The van der Waals surface area contributed by atoms with Gasteiger partial charge in [-0.05, 0) is 17.5 Å². The largest absolute Gasteiger partial charge is 0.454 e. The van der Waals surface area contributed by atoms with E-state index in [-0.39, 0.29) is 0 Å². The second-order valence-corrected chi connectivity index (χ2v) is 4.87. The van der Waals surface area contributed by atoms with Gasteiger partial charge >= 0.3 is 18.3 Å². The van der Waals surface area contributed by atoms with E-state index in [1.165, 1.54) is 17.4 Å². The Morgan fingerprint density at radius 1 is 1.48 bits per heavy atom. The zero-order valence-corrected chi connectivity index (χ0v) is 11.6. The molecule has 0 atom stereocenters. The van der Waals surface area contributed by atoms with Crippen LogP contribution < -0.4 is 5.32 Å². The number of thiophene rings is 1. The van der Waals surface area contributed by atoms with Crippen molar-refractivity contribution in [3.8, 4) is 0 Å². The highest BCUT2D eigenvalue weighted by Gasteiger charge is 2.42. The minimum absolute atomic E-state index is 0.407. The minimum atomic E-state index is -4.44. The van der Waals surface area contributed by atoms with E-state index >= 15 is 0 Å². The first-order chi connectivity index (χ1) is 9.72. The van der Waals surface area contributed by atoms with Crippen LogP contribution in [-0.2, 0) is 14.3 Å². The van der Waals surface area contributed by atoms with Crippen LogP contribution in [0.25, 0.3) is 6.08 Å². The number of halogens is 4. The number of nitrogens with one attached hydrogen (secondary N) is 1. The molecule has 0 saturated heterocycles. The molecule has 0 spiro atoms. The van der Waals surface area contributed by atoms with Crippen molar-refractivity contribution in [1.29, 1.82) is 0 Å². The van der Waals surface area contributed by atoms with Gasteiger partial charge in [-0.3, -0.25) is 4.79 Å². The zero-order valence-electron chi connectivity index (χ0n) is 10.7. The molecular weight excluding hydrogens is 314 g/mol. The number of alkyl halides is 4. The molecule has 0 aliphatic carbocycles. The molecular formula is C12H11F4NO3S. The molecule has 0 aliphatic rings. The lowest BCUT2D eigenvalue weighted by molar-refractivity contribution is -0.177. The summed E-state index contributed by atoms with van der Waals surface area (Å²) in [5.74, 6) is -6.39. The Kier molecular flexibility index (Phi) is 5.89. The van der Waals surface area contributed by atoms with Crippen LogP contribution in [0, 0.1) is 0 Å². The smallest absolute Gasteiger partial charge is 0.355 e. The first-order valence-electron chi connectivity index (χ1n) is 5.58. The van der Waals surface area contributed by atoms with Crippen LogP contribution in [0.5, 0.6) is 0 Å². The summed E-state index contributed by atoms with van der Waals surface area (Å²) in [5, 5.41) is 3.79. The molecule has 1 aromatic rings. The summed E-state index contributed by atoms with van der Waals surface area (Å²) in [6.07, 6.45) is -2.75. The lowest BCUT2D eigenvalue weighted by Gasteiger charge is -2.15. The number of esters is 1. The van der Waals surface area contributed by atoms with Crippen molar-refractivity contribution in [3.05, 3.63) is 28.1 Å². The van der Waals surface area contributed by atoms with Crippen molar-refractivity contribution >= 4 is 29.3 Å². The highest BCUT2D eigenvalue weighted by atomic mass is 32.1. The third kappa shape index (κ3) is 5.54. The van der Waals surface area contributed by atoms with Crippen LogP contribution in [-0.4, -0.2) is 30.8 Å². The Morgan fingerprint density at radius 2 is 2.14 bits per heavy atom. The first kappa shape index (κ1) is 17.2. The molecule has 0 bridgehead atoms. The zero-order chi connectivity index (χ0) is 16.0. The molecule has 1 heterocycles. The molecule has 116 valence electrons. The molecule has 0 saturated carbocycles. The Morgan fingerprint density at radius 3 is 2.62 bits per heavy atom. The highest BCUT2D eigenvalue weighted by molar-refractivity contribution is 7.10. The monoisotopic (exact) mass is 325 g/mol. The molecule has 0 aliphatic heterocycles. The quantitative estimate of drug-likeness (QED) is 0.497. The second-order valence-electron chi connectivity index (χ2n) is 3.89.